The Balaban J connectivity index is 1.99. The number of carbonyl (C=O) groups is 1. The van der Waals surface area contributed by atoms with E-state index in [1.807, 2.05) is 0 Å². The first-order valence-electron chi connectivity index (χ1n) is 6.28. The van der Waals surface area contributed by atoms with Gasteiger partial charge in [-0.3, -0.25) is 4.31 Å². The number of nitrogens with zero attached hydrogens (tertiary/aromatic N) is 3. The number of amides is 1. The maximum atomic E-state index is 12.5. The first kappa shape index (κ1) is 13.0. The molecule has 0 aliphatic carbocycles. The summed E-state index contributed by atoms with van der Waals surface area (Å²) in [5.41, 5.74) is 1.24. The molecule has 1 amide bonds. The van der Waals surface area contributed by atoms with Crippen LogP contribution in [-0.4, -0.2) is 50.7 Å². The molecule has 2 heterocycles. The van der Waals surface area contributed by atoms with Gasteiger partial charge < -0.3 is 10.0 Å². The van der Waals surface area contributed by atoms with Gasteiger partial charge in [0.2, 0.25) is 0 Å². The van der Waals surface area contributed by atoms with Crippen LogP contribution in [0.2, 0.25) is 0 Å². The Bertz CT molecular complexity index is 660. The third-order valence-electron chi connectivity index (χ3n) is 3.82. The normalized spacial score (nSPS) is 24.1. The predicted molar refractivity (Wildman–Crippen MR) is 74.2 cm³/mol. The van der Waals surface area contributed by atoms with Crippen molar-refractivity contribution in [3.63, 3.8) is 0 Å². The maximum Gasteiger partial charge on any atom is 0.407 e. The Kier molecular flexibility index (Phi) is 2.79. The molecule has 3 rings (SSSR count). The number of para-hydroxylation sites is 2. The lowest BCUT2D eigenvalue weighted by Crippen LogP contribution is -2.44. The summed E-state index contributed by atoms with van der Waals surface area (Å²) in [4.78, 5) is 12.2. The minimum atomic E-state index is -3.61. The smallest absolute Gasteiger partial charge is 0.407 e. The minimum absolute atomic E-state index is 0.205. The lowest BCUT2D eigenvalue weighted by atomic mass is 10.2. The first-order valence-corrected chi connectivity index (χ1v) is 7.68. The molecule has 8 heteroatoms. The molecule has 2 aliphatic rings. The van der Waals surface area contributed by atoms with Crippen molar-refractivity contribution in [1.82, 2.24) is 4.90 Å². The van der Waals surface area contributed by atoms with Crippen LogP contribution in [0.4, 0.5) is 16.2 Å². The van der Waals surface area contributed by atoms with E-state index in [1.54, 1.807) is 24.3 Å². The topological polar surface area (TPSA) is 81.2 Å². The molecule has 7 nitrogen and oxygen atoms in total. The number of likely N-dealkylation sites (tertiary alicyclic amines) is 1. The Morgan fingerprint density at radius 3 is 2.55 bits per heavy atom. The molecular formula is C12H15N3O4S. The zero-order valence-corrected chi connectivity index (χ0v) is 11.7. The highest BCUT2D eigenvalue weighted by Gasteiger charge is 2.44. The van der Waals surface area contributed by atoms with Crippen molar-refractivity contribution >= 4 is 27.7 Å². The zero-order valence-electron chi connectivity index (χ0n) is 10.9. The number of anilines is 2. The lowest BCUT2D eigenvalue weighted by molar-refractivity contribution is 0.155. The molecule has 1 atom stereocenters. The molecule has 0 bridgehead atoms. The number of carboxylic acid groups (broad SMARTS) is 1. The van der Waals surface area contributed by atoms with Crippen molar-refractivity contribution in [3.8, 4) is 0 Å². The number of hydrogen-bond donors (Lipinski definition) is 1. The fraction of sp³-hybridized carbons (Fsp3) is 0.417. The van der Waals surface area contributed by atoms with Gasteiger partial charge in [-0.1, -0.05) is 12.1 Å². The summed E-state index contributed by atoms with van der Waals surface area (Å²) in [7, 11) is -2.10. The second-order valence-electron chi connectivity index (χ2n) is 4.93. The predicted octanol–water partition coefficient (Wildman–Crippen LogP) is 0.940. The summed E-state index contributed by atoms with van der Waals surface area (Å²) in [6.07, 6.45) is -0.501. The molecule has 2 aliphatic heterocycles. The summed E-state index contributed by atoms with van der Waals surface area (Å²) in [5.74, 6) is 0. The number of rotatable bonds is 1. The molecule has 1 fully saturated rings. The Morgan fingerprint density at radius 2 is 1.95 bits per heavy atom. The van der Waals surface area contributed by atoms with Crippen molar-refractivity contribution in [2.45, 2.75) is 12.5 Å². The van der Waals surface area contributed by atoms with Gasteiger partial charge in [0.05, 0.1) is 17.4 Å². The highest BCUT2D eigenvalue weighted by atomic mass is 32.2. The zero-order chi connectivity index (χ0) is 14.5. The second-order valence-corrected chi connectivity index (χ2v) is 6.77. The van der Waals surface area contributed by atoms with Gasteiger partial charge in [0.15, 0.2) is 0 Å². The molecule has 0 unspecified atom stereocenters. The maximum absolute atomic E-state index is 12.5. The summed E-state index contributed by atoms with van der Waals surface area (Å²) >= 11 is 0. The fourth-order valence-corrected chi connectivity index (χ4v) is 4.41. The fourth-order valence-electron chi connectivity index (χ4n) is 2.79. The molecule has 20 heavy (non-hydrogen) atoms. The van der Waals surface area contributed by atoms with Gasteiger partial charge in [-0.25, -0.2) is 9.10 Å². The molecule has 1 aromatic rings. The summed E-state index contributed by atoms with van der Waals surface area (Å²) in [6.45, 7) is 0.564. The third-order valence-corrected chi connectivity index (χ3v) is 5.70. The van der Waals surface area contributed by atoms with Crippen LogP contribution in [-0.2, 0) is 10.2 Å². The molecule has 1 N–H and O–H groups in total. The SMILES string of the molecule is CN1c2ccccc2N([C@@H]2CCN(C(=O)O)C2)S1(=O)=O. The largest absolute Gasteiger partial charge is 0.465 e. The average Bonchev–Trinajstić information content (AvgIpc) is 2.94. The molecule has 1 saturated heterocycles. The van der Waals surface area contributed by atoms with Crippen molar-refractivity contribution in [2.75, 3.05) is 28.7 Å². The van der Waals surface area contributed by atoms with Gasteiger partial charge in [-0.05, 0) is 18.6 Å². The third kappa shape index (κ3) is 1.71. The Labute approximate surface area is 117 Å². The average molecular weight is 297 g/mol. The van der Waals surface area contributed by atoms with Crippen LogP contribution >= 0.6 is 0 Å². The van der Waals surface area contributed by atoms with Crippen LogP contribution in [0.3, 0.4) is 0 Å². The number of hydrogen-bond acceptors (Lipinski definition) is 3. The Hall–Kier alpha value is -1.96. The van der Waals surface area contributed by atoms with Crippen LogP contribution in [0.5, 0.6) is 0 Å². The molecular weight excluding hydrogens is 282 g/mol. The Morgan fingerprint density at radius 1 is 1.30 bits per heavy atom. The van der Waals surface area contributed by atoms with E-state index < -0.39 is 16.3 Å². The van der Waals surface area contributed by atoms with E-state index >= 15 is 0 Å². The van der Waals surface area contributed by atoms with Crippen molar-refractivity contribution in [3.05, 3.63) is 24.3 Å². The van der Waals surface area contributed by atoms with Gasteiger partial charge in [0, 0.05) is 20.1 Å². The van der Waals surface area contributed by atoms with E-state index in [-0.39, 0.29) is 12.6 Å². The molecule has 0 spiro atoms. The molecule has 108 valence electrons. The molecule has 0 radical (unpaired) electrons. The van der Waals surface area contributed by atoms with E-state index in [4.69, 9.17) is 5.11 Å². The van der Waals surface area contributed by atoms with Gasteiger partial charge in [-0.15, -0.1) is 0 Å². The highest BCUT2D eigenvalue weighted by Crippen LogP contribution is 2.42. The van der Waals surface area contributed by atoms with E-state index in [0.717, 1.165) is 0 Å². The van der Waals surface area contributed by atoms with E-state index in [0.29, 0.717) is 24.3 Å². The van der Waals surface area contributed by atoms with Crippen molar-refractivity contribution < 1.29 is 18.3 Å². The van der Waals surface area contributed by atoms with Crippen LogP contribution < -0.4 is 8.61 Å². The number of benzene rings is 1. The molecule has 0 saturated carbocycles. The quantitative estimate of drug-likeness (QED) is 0.836. The van der Waals surface area contributed by atoms with Crippen LogP contribution in [0.15, 0.2) is 24.3 Å². The van der Waals surface area contributed by atoms with Crippen LogP contribution in [0, 0.1) is 0 Å². The first-order chi connectivity index (χ1) is 9.43. The van der Waals surface area contributed by atoms with Gasteiger partial charge in [0.1, 0.15) is 0 Å². The lowest BCUT2D eigenvalue weighted by Gasteiger charge is -2.25. The summed E-state index contributed by atoms with van der Waals surface area (Å²) < 4.78 is 27.6. The van der Waals surface area contributed by atoms with E-state index in [1.165, 1.54) is 20.6 Å². The highest BCUT2D eigenvalue weighted by molar-refractivity contribution is 7.94. The van der Waals surface area contributed by atoms with E-state index in [2.05, 4.69) is 0 Å². The van der Waals surface area contributed by atoms with Gasteiger partial charge >= 0.3 is 16.3 Å². The number of fused-ring (bicyclic) bond motifs is 1. The minimum Gasteiger partial charge on any atom is -0.465 e. The van der Waals surface area contributed by atoms with Crippen LogP contribution in [0.25, 0.3) is 0 Å². The van der Waals surface area contributed by atoms with Gasteiger partial charge in [0.25, 0.3) is 0 Å². The second kappa shape index (κ2) is 4.27. The molecule has 1 aromatic carbocycles. The molecule has 0 aromatic heterocycles. The van der Waals surface area contributed by atoms with Gasteiger partial charge in [-0.2, -0.15) is 8.42 Å². The van der Waals surface area contributed by atoms with E-state index in [9.17, 15) is 13.2 Å². The van der Waals surface area contributed by atoms with Crippen molar-refractivity contribution in [2.24, 2.45) is 0 Å². The van der Waals surface area contributed by atoms with Crippen LogP contribution in [0.1, 0.15) is 6.42 Å². The summed E-state index contributed by atoms with van der Waals surface area (Å²) in [5, 5.41) is 9.00. The van der Waals surface area contributed by atoms with Crippen molar-refractivity contribution in [1.29, 1.82) is 0 Å². The summed E-state index contributed by atoms with van der Waals surface area (Å²) in [6, 6.07) is 6.72. The standard InChI is InChI=1S/C12H15N3O4S/c1-13-10-4-2-3-5-11(10)15(20(13,18)19)9-6-7-14(8-9)12(16)17/h2-5,9H,6-8H2,1H3,(H,16,17)/t9-/m1/s1. The monoisotopic (exact) mass is 297 g/mol.